The summed E-state index contributed by atoms with van der Waals surface area (Å²) in [5.41, 5.74) is 0. The molecule has 0 aromatic carbocycles. The van der Waals surface area contributed by atoms with Gasteiger partial charge in [0.05, 0.1) is 13.0 Å². The van der Waals surface area contributed by atoms with Crippen LogP contribution in [-0.4, -0.2) is 48.2 Å². The number of ether oxygens (including phenoxy) is 1. The van der Waals surface area contributed by atoms with E-state index in [1.807, 2.05) is 0 Å². The van der Waals surface area contributed by atoms with Crippen LogP contribution in [-0.2, 0) is 14.3 Å². The molecule has 0 radical (unpaired) electrons. The number of hydrogen-bond donors (Lipinski definition) is 1. The summed E-state index contributed by atoms with van der Waals surface area (Å²) in [6.07, 6.45) is 1.30. The quantitative estimate of drug-likeness (QED) is 0.616. The molecule has 1 amide bonds. The predicted octanol–water partition coefficient (Wildman–Crippen LogP) is -0.292. The second kappa shape index (κ2) is 4.81. The van der Waals surface area contributed by atoms with E-state index in [4.69, 9.17) is 9.84 Å². The highest BCUT2D eigenvalue weighted by atomic mass is 16.5. The zero-order chi connectivity index (χ0) is 9.68. The lowest BCUT2D eigenvalue weighted by atomic mass is 10.1. The summed E-state index contributed by atoms with van der Waals surface area (Å²) in [4.78, 5) is 22.5. The molecule has 1 atom stereocenters. The van der Waals surface area contributed by atoms with Gasteiger partial charge in [0, 0.05) is 19.2 Å². The van der Waals surface area contributed by atoms with E-state index in [1.54, 1.807) is 0 Å². The Morgan fingerprint density at radius 3 is 3.00 bits per heavy atom. The van der Waals surface area contributed by atoms with Gasteiger partial charge in [-0.15, -0.1) is 0 Å². The van der Waals surface area contributed by atoms with Crippen LogP contribution in [0.5, 0.6) is 0 Å². The van der Waals surface area contributed by atoms with E-state index in [-0.39, 0.29) is 12.5 Å². The number of aliphatic carboxylic acids is 1. The third-order valence-electron chi connectivity index (χ3n) is 2.10. The van der Waals surface area contributed by atoms with E-state index in [1.165, 1.54) is 4.90 Å². The van der Waals surface area contributed by atoms with E-state index in [0.717, 1.165) is 0 Å². The monoisotopic (exact) mass is 187 g/mol. The Morgan fingerprint density at radius 2 is 2.38 bits per heavy atom. The number of carboxylic acid groups (broad SMARTS) is 1. The molecule has 1 rings (SSSR count). The molecular weight excluding hydrogens is 174 g/mol. The Morgan fingerprint density at radius 1 is 1.62 bits per heavy atom. The van der Waals surface area contributed by atoms with Crippen molar-refractivity contribution in [3.05, 3.63) is 0 Å². The standard InChI is InChI=1S/C8H13NO4/c10-6-9-2-4-13-3-1-7(9)5-8(11)12/h6-7H,1-5H2,(H,11,12). The largest absolute Gasteiger partial charge is 0.481 e. The third-order valence-corrected chi connectivity index (χ3v) is 2.10. The second-order valence-electron chi connectivity index (χ2n) is 3.00. The second-order valence-corrected chi connectivity index (χ2v) is 3.00. The first-order chi connectivity index (χ1) is 6.24. The SMILES string of the molecule is O=CN1CCOCCC1CC(=O)O. The Balaban J connectivity index is 2.53. The summed E-state index contributed by atoms with van der Waals surface area (Å²) in [5, 5.41) is 8.59. The molecule has 0 aromatic heterocycles. The maximum absolute atomic E-state index is 10.6. The summed E-state index contributed by atoms with van der Waals surface area (Å²) in [6, 6.07) is -0.211. The van der Waals surface area contributed by atoms with Crippen LogP contribution in [0.1, 0.15) is 12.8 Å². The number of carbonyl (C=O) groups is 2. The van der Waals surface area contributed by atoms with E-state index in [2.05, 4.69) is 0 Å². The number of carboxylic acids is 1. The van der Waals surface area contributed by atoms with E-state index in [0.29, 0.717) is 32.6 Å². The van der Waals surface area contributed by atoms with Gasteiger partial charge in [-0.3, -0.25) is 9.59 Å². The lowest BCUT2D eigenvalue weighted by Gasteiger charge is -2.23. The summed E-state index contributed by atoms with van der Waals surface area (Å²) in [5.74, 6) is -0.876. The van der Waals surface area contributed by atoms with Gasteiger partial charge in [0.25, 0.3) is 0 Å². The fraction of sp³-hybridized carbons (Fsp3) is 0.750. The predicted molar refractivity (Wildman–Crippen MR) is 44.2 cm³/mol. The van der Waals surface area contributed by atoms with Gasteiger partial charge in [-0.05, 0) is 6.42 Å². The number of hydrogen-bond acceptors (Lipinski definition) is 3. The van der Waals surface area contributed by atoms with E-state index in [9.17, 15) is 9.59 Å². The molecule has 1 N–H and O–H groups in total. The van der Waals surface area contributed by atoms with Crippen LogP contribution in [0.2, 0.25) is 0 Å². The molecule has 5 nitrogen and oxygen atoms in total. The minimum atomic E-state index is -0.876. The molecular formula is C8H13NO4. The van der Waals surface area contributed by atoms with Crippen LogP contribution in [0, 0.1) is 0 Å². The highest BCUT2D eigenvalue weighted by molar-refractivity contribution is 5.68. The smallest absolute Gasteiger partial charge is 0.305 e. The molecule has 1 saturated heterocycles. The van der Waals surface area contributed by atoms with Gasteiger partial charge in [0.2, 0.25) is 6.41 Å². The van der Waals surface area contributed by atoms with Crippen LogP contribution < -0.4 is 0 Å². The Bertz CT molecular complexity index is 195. The fourth-order valence-electron chi connectivity index (χ4n) is 1.40. The zero-order valence-electron chi connectivity index (χ0n) is 7.31. The highest BCUT2D eigenvalue weighted by Crippen LogP contribution is 2.10. The Hall–Kier alpha value is -1.10. The van der Waals surface area contributed by atoms with Crippen molar-refractivity contribution in [2.45, 2.75) is 18.9 Å². The van der Waals surface area contributed by atoms with Crippen molar-refractivity contribution in [1.29, 1.82) is 0 Å². The number of rotatable bonds is 3. The molecule has 0 spiro atoms. The Kier molecular flexibility index (Phi) is 3.70. The number of amides is 1. The fourth-order valence-corrected chi connectivity index (χ4v) is 1.40. The molecule has 1 heterocycles. The molecule has 5 heteroatoms. The van der Waals surface area contributed by atoms with Crippen molar-refractivity contribution >= 4 is 12.4 Å². The molecule has 13 heavy (non-hydrogen) atoms. The number of nitrogens with zero attached hydrogens (tertiary/aromatic N) is 1. The molecule has 74 valence electrons. The minimum Gasteiger partial charge on any atom is -0.481 e. The molecule has 1 aliphatic rings. The summed E-state index contributed by atoms with van der Waals surface area (Å²) in [6.45, 7) is 1.51. The molecule has 1 aliphatic heterocycles. The summed E-state index contributed by atoms with van der Waals surface area (Å²) < 4.78 is 5.14. The van der Waals surface area contributed by atoms with Crippen LogP contribution in [0.4, 0.5) is 0 Å². The van der Waals surface area contributed by atoms with Crippen LogP contribution in [0.25, 0.3) is 0 Å². The maximum atomic E-state index is 10.6. The Labute approximate surface area is 76.3 Å². The average Bonchev–Trinajstić information content (AvgIpc) is 2.28. The normalized spacial score (nSPS) is 23.7. The first-order valence-electron chi connectivity index (χ1n) is 4.24. The molecule has 1 fully saturated rings. The lowest BCUT2D eigenvalue weighted by molar-refractivity contribution is -0.138. The van der Waals surface area contributed by atoms with Crippen LogP contribution in [0.3, 0.4) is 0 Å². The number of carbonyl (C=O) groups excluding carboxylic acids is 1. The summed E-state index contributed by atoms with van der Waals surface area (Å²) >= 11 is 0. The molecule has 0 aliphatic carbocycles. The van der Waals surface area contributed by atoms with Crippen molar-refractivity contribution in [3.63, 3.8) is 0 Å². The first-order valence-corrected chi connectivity index (χ1v) is 4.24. The molecule has 0 aromatic rings. The van der Waals surface area contributed by atoms with Crippen molar-refractivity contribution in [1.82, 2.24) is 4.90 Å². The highest BCUT2D eigenvalue weighted by Gasteiger charge is 2.21. The van der Waals surface area contributed by atoms with Crippen LogP contribution >= 0.6 is 0 Å². The average molecular weight is 187 g/mol. The van der Waals surface area contributed by atoms with E-state index >= 15 is 0 Å². The third kappa shape index (κ3) is 3.02. The van der Waals surface area contributed by atoms with Crippen LogP contribution in [0.15, 0.2) is 0 Å². The first kappa shape index (κ1) is 9.98. The topological polar surface area (TPSA) is 66.8 Å². The van der Waals surface area contributed by atoms with Gasteiger partial charge in [0.15, 0.2) is 0 Å². The van der Waals surface area contributed by atoms with Crippen molar-refractivity contribution < 1.29 is 19.4 Å². The van der Waals surface area contributed by atoms with Crippen molar-refractivity contribution in [2.75, 3.05) is 19.8 Å². The summed E-state index contributed by atoms with van der Waals surface area (Å²) in [7, 11) is 0. The van der Waals surface area contributed by atoms with Gasteiger partial charge in [-0.2, -0.15) is 0 Å². The van der Waals surface area contributed by atoms with E-state index < -0.39 is 5.97 Å². The molecule has 0 bridgehead atoms. The van der Waals surface area contributed by atoms with Gasteiger partial charge < -0.3 is 14.7 Å². The minimum absolute atomic E-state index is 0.00208. The lowest BCUT2D eigenvalue weighted by Crippen LogP contribution is -2.36. The molecule has 0 saturated carbocycles. The van der Waals surface area contributed by atoms with Gasteiger partial charge >= 0.3 is 5.97 Å². The van der Waals surface area contributed by atoms with Gasteiger partial charge in [-0.1, -0.05) is 0 Å². The van der Waals surface area contributed by atoms with Gasteiger partial charge in [-0.25, -0.2) is 0 Å². The zero-order valence-corrected chi connectivity index (χ0v) is 7.31. The maximum Gasteiger partial charge on any atom is 0.305 e. The van der Waals surface area contributed by atoms with Crippen molar-refractivity contribution in [3.8, 4) is 0 Å². The molecule has 1 unspecified atom stereocenters. The van der Waals surface area contributed by atoms with Gasteiger partial charge in [0.1, 0.15) is 0 Å². The van der Waals surface area contributed by atoms with Crippen molar-refractivity contribution in [2.24, 2.45) is 0 Å².